The summed E-state index contributed by atoms with van der Waals surface area (Å²) in [6.07, 6.45) is 1.12. The highest BCUT2D eigenvalue weighted by atomic mass is 32.2. The quantitative estimate of drug-likeness (QED) is 0.837. The Hall–Kier alpha value is -0.540. The minimum Gasteiger partial charge on any atom is -0.330 e. The maximum absolute atomic E-state index is 13.1. The first-order valence-electron chi connectivity index (χ1n) is 5.34. The molecule has 1 fully saturated rings. The molecule has 3 heteroatoms. The standard InChI is InChI=1S/C12H16FNS/c13-11-3-1-2-9(6-11)12-4-5-15-8-10(12)7-14/h1-3,6,10,12H,4-5,7-8,14H2. The van der Waals surface area contributed by atoms with Gasteiger partial charge in [0.15, 0.2) is 0 Å². The predicted molar refractivity (Wildman–Crippen MR) is 63.6 cm³/mol. The van der Waals surface area contributed by atoms with Gasteiger partial charge >= 0.3 is 0 Å². The lowest BCUT2D eigenvalue weighted by Crippen LogP contribution is -2.28. The Morgan fingerprint density at radius 2 is 2.33 bits per heavy atom. The maximum atomic E-state index is 13.1. The van der Waals surface area contributed by atoms with E-state index in [2.05, 4.69) is 0 Å². The van der Waals surface area contributed by atoms with E-state index >= 15 is 0 Å². The van der Waals surface area contributed by atoms with E-state index in [1.807, 2.05) is 17.8 Å². The molecule has 2 N–H and O–H groups in total. The summed E-state index contributed by atoms with van der Waals surface area (Å²) in [4.78, 5) is 0. The molecule has 1 aromatic rings. The molecule has 2 unspecified atom stereocenters. The number of hydrogen-bond donors (Lipinski definition) is 1. The van der Waals surface area contributed by atoms with Crippen molar-refractivity contribution in [3.63, 3.8) is 0 Å². The minimum atomic E-state index is -0.138. The monoisotopic (exact) mass is 225 g/mol. The van der Waals surface area contributed by atoms with E-state index in [4.69, 9.17) is 5.73 Å². The fourth-order valence-electron chi connectivity index (χ4n) is 2.21. The highest BCUT2D eigenvalue weighted by molar-refractivity contribution is 7.99. The van der Waals surface area contributed by atoms with Crippen molar-refractivity contribution in [3.8, 4) is 0 Å². The molecule has 0 aliphatic carbocycles. The third kappa shape index (κ3) is 2.52. The Morgan fingerprint density at radius 1 is 1.47 bits per heavy atom. The van der Waals surface area contributed by atoms with Crippen LogP contribution in [0.4, 0.5) is 4.39 Å². The second-order valence-corrected chi connectivity index (χ2v) is 5.17. The molecule has 0 saturated carbocycles. The summed E-state index contributed by atoms with van der Waals surface area (Å²) in [5, 5.41) is 0. The highest BCUT2D eigenvalue weighted by Crippen LogP contribution is 2.35. The number of thioether (sulfide) groups is 1. The molecule has 2 atom stereocenters. The Kier molecular flexibility index (Phi) is 3.65. The van der Waals surface area contributed by atoms with Crippen LogP contribution in [0, 0.1) is 11.7 Å². The molecule has 1 aliphatic heterocycles. The molecule has 2 rings (SSSR count). The van der Waals surface area contributed by atoms with Gasteiger partial charge in [-0.25, -0.2) is 4.39 Å². The van der Waals surface area contributed by atoms with Gasteiger partial charge in [-0.05, 0) is 54.0 Å². The Bertz CT molecular complexity index is 329. The summed E-state index contributed by atoms with van der Waals surface area (Å²) in [6.45, 7) is 0.703. The van der Waals surface area contributed by atoms with E-state index in [9.17, 15) is 4.39 Å². The third-order valence-electron chi connectivity index (χ3n) is 3.05. The summed E-state index contributed by atoms with van der Waals surface area (Å²) < 4.78 is 13.1. The molecule has 0 radical (unpaired) electrons. The normalized spacial score (nSPS) is 26.5. The molecule has 1 aromatic carbocycles. The second-order valence-electron chi connectivity index (χ2n) is 4.02. The number of rotatable bonds is 2. The Balaban J connectivity index is 2.20. The molecule has 0 spiro atoms. The number of halogens is 1. The van der Waals surface area contributed by atoms with Crippen molar-refractivity contribution < 1.29 is 4.39 Å². The lowest BCUT2D eigenvalue weighted by atomic mass is 9.84. The smallest absolute Gasteiger partial charge is 0.123 e. The van der Waals surface area contributed by atoms with Crippen molar-refractivity contribution in [1.82, 2.24) is 0 Å². The highest BCUT2D eigenvalue weighted by Gasteiger charge is 2.25. The van der Waals surface area contributed by atoms with Crippen LogP contribution in [0.1, 0.15) is 17.9 Å². The van der Waals surface area contributed by atoms with Crippen LogP contribution in [0.2, 0.25) is 0 Å². The summed E-state index contributed by atoms with van der Waals surface area (Å²) >= 11 is 1.96. The van der Waals surface area contributed by atoms with Crippen molar-refractivity contribution in [3.05, 3.63) is 35.6 Å². The van der Waals surface area contributed by atoms with Gasteiger partial charge in [0, 0.05) is 0 Å². The fraction of sp³-hybridized carbons (Fsp3) is 0.500. The van der Waals surface area contributed by atoms with E-state index in [1.165, 1.54) is 6.07 Å². The molecule has 1 heterocycles. The van der Waals surface area contributed by atoms with Crippen LogP contribution >= 0.6 is 11.8 Å². The maximum Gasteiger partial charge on any atom is 0.123 e. The van der Waals surface area contributed by atoms with Gasteiger partial charge in [-0.15, -0.1) is 0 Å². The zero-order valence-electron chi connectivity index (χ0n) is 8.66. The summed E-state index contributed by atoms with van der Waals surface area (Å²) in [5.41, 5.74) is 6.88. The van der Waals surface area contributed by atoms with Crippen LogP contribution in [0.15, 0.2) is 24.3 Å². The largest absolute Gasteiger partial charge is 0.330 e. The van der Waals surface area contributed by atoms with Gasteiger partial charge in [0.25, 0.3) is 0 Å². The molecule has 1 saturated heterocycles. The fourth-order valence-corrected chi connectivity index (χ4v) is 3.46. The van der Waals surface area contributed by atoms with E-state index < -0.39 is 0 Å². The van der Waals surface area contributed by atoms with Crippen molar-refractivity contribution >= 4 is 11.8 Å². The van der Waals surface area contributed by atoms with Crippen LogP contribution < -0.4 is 5.73 Å². The number of hydrogen-bond acceptors (Lipinski definition) is 2. The van der Waals surface area contributed by atoms with E-state index in [-0.39, 0.29) is 5.82 Å². The van der Waals surface area contributed by atoms with Gasteiger partial charge in [0.05, 0.1) is 0 Å². The van der Waals surface area contributed by atoms with E-state index in [0.29, 0.717) is 18.4 Å². The van der Waals surface area contributed by atoms with Crippen LogP contribution in [0.5, 0.6) is 0 Å². The zero-order chi connectivity index (χ0) is 10.7. The molecular weight excluding hydrogens is 209 g/mol. The van der Waals surface area contributed by atoms with Crippen LogP contribution in [0.25, 0.3) is 0 Å². The topological polar surface area (TPSA) is 26.0 Å². The number of benzene rings is 1. The molecule has 15 heavy (non-hydrogen) atoms. The van der Waals surface area contributed by atoms with Crippen LogP contribution in [-0.2, 0) is 0 Å². The van der Waals surface area contributed by atoms with Crippen molar-refractivity contribution in [1.29, 1.82) is 0 Å². The lowest BCUT2D eigenvalue weighted by Gasteiger charge is -2.30. The van der Waals surface area contributed by atoms with Gasteiger partial charge in [0.2, 0.25) is 0 Å². The molecule has 0 aromatic heterocycles. The first kappa shape index (κ1) is 11.0. The van der Waals surface area contributed by atoms with Crippen molar-refractivity contribution in [2.75, 3.05) is 18.1 Å². The zero-order valence-corrected chi connectivity index (χ0v) is 9.47. The molecule has 82 valence electrons. The van der Waals surface area contributed by atoms with E-state index in [1.54, 1.807) is 12.1 Å². The van der Waals surface area contributed by atoms with Crippen LogP contribution in [-0.4, -0.2) is 18.1 Å². The molecule has 0 amide bonds. The van der Waals surface area contributed by atoms with E-state index in [0.717, 1.165) is 23.5 Å². The first-order valence-corrected chi connectivity index (χ1v) is 6.50. The Labute approximate surface area is 94.2 Å². The summed E-state index contributed by atoms with van der Waals surface area (Å²) in [7, 11) is 0. The summed E-state index contributed by atoms with van der Waals surface area (Å²) in [5.74, 6) is 3.09. The SMILES string of the molecule is NCC1CSCCC1c1cccc(F)c1. The third-order valence-corrected chi connectivity index (χ3v) is 4.24. The van der Waals surface area contributed by atoms with Crippen molar-refractivity contribution in [2.45, 2.75) is 12.3 Å². The molecule has 0 bridgehead atoms. The molecule has 1 nitrogen and oxygen atoms in total. The summed E-state index contributed by atoms with van der Waals surface area (Å²) in [6, 6.07) is 6.97. The number of nitrogens with two attached hydrogens (primary N) is 1. The minimum absolute atomic E-state index is 0.138. The first-order chi connectivity index (χ1) is 7.31. The van der Waals surface area contributed by atoms with Gasteiger partial charge in [0.1, 0.15) is 5.82 Å². The van der Waals surface area contributed by atoms with Gasteiger partial charge in [-0.2, -0.15) is 11.8 Å². The molecular formula is C12H16FNS. The van der Waals surface area contributed by atoms with Gasteiger partial charge in [-0.3, -0.25) is 0 Å². The average molecular weight is 225 g/mol. The van der Waals surface area contributed by atoms with Gasteiger partial charge in [-0.1, -0.05) is 12.1 Å². The molecule has 1 aliphatic rings. The van der Waals surface area contributed by atoms with Crippen LogP contribution in [0.3, 0.4) is 0 Å². The van der Waals surface area contributed by atoms with Gasteiger partial charge < -0.3 is 5.73 Å². The van der Waals surface area contributed by atoms with Crippen molar-refractivity contribution in [2.24, 2.45) is 11.7 Å². The lowest BCUT2D eigenvalue weighted by molar-refractivity contribution is 0.453. The predicted octanol–water partition coefficient (Wildman–Crippen LogP) is 2.62. The Morgan fingerprint density at radius 3 is 3.07 bits per heavy atom. The average Bonchev–Trinajstić information content (AvgIpc) is 2.29. The second kappa shape index (κ2) is 4.99.